The van der Waals surface area contributed by atoms with Crippen LogP contribution in [0, 0.1) is 0 Å². The lowest BCUT2D eigenvalue weighted by atomic mass is 9.79. The van der Waals surface area contributed by atoms with Gasteiger partial charge < -0.3 is 15.1 Å². The molecule has 0 saturated carbocycles. The van der Waals surface area contributed by atoms with E-state index in [1.807, 2.05) is 149 Å². The van der Waals surface area contributed by atoms with Crippen molar-refractivity contribution in [2.75, 3.05) is 4.90 Å². The molecule has 0 aliphatic carbocycles. The van der Waals surface area contributed by atoms with E-state index < -0.39 is 34.9 Å². The van der Waals surface area contributed by atoms with E-state index in [-0.39, 0.29) is 0 Å². The van der Waals surface area contributed by atoms with Crippen molar-refractivity contribution >= 4 is 72.1 Å². The molecular weight excluding hydrogens is 777 g/mol. The Balaban J connectivity index is 1.13. The average molecular weight is 824 g/mol. The van der Waals surface area contributed by atoms with E-state index in [0.717, 1.165) is 88.1 Å². The van der Waals surface area contributed by atoms with Gasteiger partial charge in [-0.05, 0) is 86.3 Å². The van der Waals surface area contributed by atoms with Gasteiger partial charge in [0.2, 0.25) is 5.69 Å². The molecule has 2 N–H and O–H groups in total. The third kappa shape index (κ3) is 6.27. The van der Waals surface area contributed by atoms with E-state index >= 15 is 0 Å². The van der Waals surface area contributed by atoms with Gasteiger partial charge in [0.25, 0.3) is 6.04 Å². The molecule has 0 fully saturated rings. The fourth-order valence-electron chi connectivity index (χ4n) is 10.6. The molecule has 0 amide bonds. The number of carboxylic acids is 2. The van der Waals surface area contributed by atoms with Crippen LogP contribution in [-0.2, 0) is 20.4 Å². The lowest BCUT2D eigenvalue weighted by Gasteiger charge is -2.32. The quantitative estimate of drug-likeness (QED) is 0.112. The lowest BCUT2D eigenvalue weighted by molar-refractivity contribution is -0.476. The molecule has 2 atom stereocenters. The molecule has 0 saturated heterocycles. The molecule has 0 aromatic heterocycles. The van der Waals surface area contributed by atoms with E-state index in [1.165, 1.54) is 0 Å². The van der Waals surface area contributed by atoms with Gasteiger partial charge in [-0.15, -0.1) is 0 Å². The van der Waals surface area contributed by atoms with Crippen LogP contribution < -0.4 is 4.90 Å². The molecule has 2 aliphatic rings. The minimum atomic E-state index is -1.01. The summed E-state index contributed by atoms with van der Waals surface area (Å²) in [6, 6.07) is 50.5. The number of hydrogen-bond acceptors (Lipinski definition) is 3. The number of carboxylic acid groups (broad SMARTS) is 2. The number of nitrogens with zero attached hydrogens (tertiary/aromatic N) is 2. The monoisotopic (exact) mass is 823 g/mol. The minimum Gasteiger partial charge on any atom is -0.479 e. The molecule has 0 bridgehead atoms. The molecule has 6 nitrogen and oxygen atoms in total. The van der Waals surface area contributed by atoms with E-state index in [1.54, 1.807) is 0 Å². The Morgan fingerprint density at radius 2 is 1.03 bits per heavy atom. The Hall–Kier alpha value is -7.57. The van der Waals surface area contributed by atoms with Gasteiger partial charge in [-0.25, -0.2) is 9.59 Å². The number of benzene rings is 8. The Morgan fingerprint density at radius 3 is 1.63 bits per heavy atom. The van der Waals surface area contributed by atoms with Crippen LogP contribution in [-0.4, -0.2) is 32.4 Å². The summed E-state index contributed by atoms with van der Waals surface area (Å²) in [6.07, 6.45) is 10.0. The molecule has 0 radical (unpaired) electrons. The van der Waals surface area contributed by atoms with Gasteiger partial charge in [0.05, 0.1) is 5.41 Å². The van der Waals surface area contributed by atoms with Crippen molar-refractivity contribution in [3.8, 4) is 0 Å². The molecule has 308 valence electrons. The first-order valence-corrected chi connectivity index (χ1v) is 21.5. The maximum atomic E-state index is 13.7. The number of aliphatic carboxylic acids is 2. The zero-order chi connectivity index (χ0) is 43.6. The Bertz CT molecular complexity index is 3320. The van der Waals surface area contributed by atoms with Crippen LogP contribution in [0.2, 0.25) is 0 Å². The van der Waals surface area contributed by atoms with Crippen molar-refractivity contribution in [2.45, 2.75) is 50.6 Å². The first-order chi connectivity index (χ1) is 30.5. The third-order valence-corrected chi connectivity index (χ3v) is 13.3. The van der Waals surface area contributed by atoms with Crippen molar-refractivity contribution in [1.29, 1.82) is 0 Å². The predicted octanol–water partition coefficient (Wildman–Crippen LogP) is 13.1. The molecule has 10 rings (SSSR count). The van der Waals surface area contributed by atoms with Crippen molar-refractivity contribution in [3.05, 3.63) is 216 Å². The summed E-state index contributed by atoms with van der Waals surface area (Å²) in [6.45, 7) is 8.69. The van der Waals surface area contributed by atoms with Crippen molar-refractivity contribution in [2.24, 2.45) is 0 Å². The number of allylic oxidation sites excluding steroid dienone is 6. The van der Waals surface area contributed by atoms with Crippen molar-refractivity contribution in [1.82, 2.24) is 0 Å². The maximum Gasteiger partial charge on any atom is 0.378 e. The van der Waals surface area contributed by atoms with Crippen LogP contribution in [0.1, 0.15) is 62.0 Å². The normalized spacial score (nSPS) is 17.1. The van der Waals surface area contributed by atoms with Crippen LogP contribution in [0.3, 0.4) is 0 Å². The highest BCUT2D eigenvalue weighted by atomic mass is 16.4. The highest BCUT2D eigenvalue weighted by Gasteiger charge is 2.51. The Kier molecular flexibility index (Phi) is 9.48. The highest BCUT2D eigenvalue weighted by Crippen LogP contribution is 2.54. The Labute approximate surface area is 366 Å². The summed E-state index contributed by atoms with van der Waals surface area (Å²) < 4.78 is 2.01. The summed E-state index contributed by atoms with van der Waals surface area (Å²) >= 11 is 0. The maximum absolute atomic E-state index is 13.7. The Morgan fingerprint density at radius 1 is 0.524 bits per heavy atom. The fourth-order valence-corrected chi connectivity index (χ4v) is 10.6. The zero-order valence-corrected chi connectivity index (χ0v) is 35.7. The molecule has 6 heteroatoms. The molecular formula is C57H47N2O4+. The predicted molar refractivity (Wildman–Crippen MR) is 256 cm³/mol. The van der Waals surface area contributed by atoms with Crippen LogP contribution >= 0.6 is 0 Å². The van der Waals surface area contributed by atoms with Crippen LogP contribution in [0.25, 0.3) is 43.1 Å². The summed E-state index contributed by atoms with van der Waals surface area (Å²) in [5, 5.41) is 30.5. The number of anilines is 1. The second-order valence-electron chi connectivity index (χ2n) is 17.7. The zero-order valence-electron chi connectivity index (χ0n) is 35.7. The second-order valence-corrected chi connectivity index (χ2v) is 17.7. The van der Waals surface area contributed by atoms with Gasteiger partial charge in [0, 0.05) is 40.1 Å². The largest absolute Gasteiger partial charge is 0.479 e. The summed E-state index contributed by atoms with van der Waals surface area (Å²) in [7, 11) is 0. The minimum absolute atomic E-state index is 0.572. The van der Waals surface area contributed by atoms with Gasteiger partial charge in [0.15, 0.2) is 11.8 Å². The smallest absolute Gasteiger partial charge is 0.378 e. The highest BCUT2D eigenvalue weighted by molar-refractivity contribution is 6.08. The SMILES string of the molecule is CC1(C)C(/C=C/C=C/C=C2/N(C(C(=O)O)c3cccc4ccccc34)c3ccc4ccccc4c3C2(C)C)=[N+](C(C(=O)O)c2cccc3ccccc23)c2ccc3ccccc3c21. The van der Waals surface area contributed by atoms with Crippen molar-refractivity contribution < 1.29 is 24.4 Å². The first kappa shape index (κ1) is 39.6. The molecule has 2 heterocycles. The van der Waals surface area contributed by atoms with Gasteiger partial charge in [-0.2, -0.15) is 4.58 Å². The number of fused-ring (bicyclic) bond motifs is 8. The summed E-state index contributed by atoms with van der Waals surface area (Å²) in [5.41, 5.74) is 5.91. The van der Waals surface area contributed by atoms with Crippen LogP contribution in [0.4, 0.5) is 11.4 Å². The fraction of sp³-hybridized carbons (Fsp3) is 0.140. The first-order valence-electron chi connectivity index (χ1n) is 21.5. The standard InChI is InChI=1S/C57H46N2O4/c1-56(2)48(58(46-34-32-38-20-10-14-26-42(38)50(46)56)52(54(60)61)44-28-16-22-36-18-8-12-24-40(36)44)30-6-5-7-31-49-57(3,4)51-43-27-15-11-21-39(43)33-35-47(51)59(49)53(55(62)63)45-29-17-23-37-19-9-13-25-41(37)45/h5-35,52-53H,1-4H3,(H-,60,61,62,63)/p+1. The van der Waals surface area contributed by atoms with Crippen LogP contribution in [0.15, 0.2) is 194 Å². The average Bonchev–Trinajstić information content (AvgIpc) is 3.65. The van der Waals surface area contributed by atoms with Crippen molar-refractivity contribution in [3.63, 3.8) is 0 Å². The topological polar surface area (TPSA) is 80.9 Å². The summed E-state index contributed by atoms with van der Waals surface area (Å²) in [4.78, 5) is 29.4. The van der Waals surface area contributed by atoms with E-state index in [4.69, 9.17) is 0 Å². The second kappa shape index (κ2) is 15.1. The van der Waals surface area contributed by atoms with Gasteiger partial charge in [0.1, 0.15) is 0 Å². The molecule has 2 aliphatic heterocycles. The van der Waals surface area contributed by atoms with Gasteiger partial charge in [-0.3, -0.25) is 0 Å². The van der Waals surface area contributed by atoms with E-state index in [0.29, 0.717) is 0 Å². The molecule has 0 spiro atoms. The van der Waals surface area contributed by atoms with E-state index in [9.17, 15) is 19.8 Å². The number of carbonyl (C=O) groups is 2. The van der Waals surface area contributed by atoms with Gasteiger partial charge in [-0.1, -0.05) is 172 Å². The third-order valence-electron chi connectivity index (χ3n) is 13.3. The number of hydrogen-bond donors (Lipinski definition) is 2. The van der Waals surface area contributed by atoms with E-state index in [2.05, 4.69) is 76.2 Å². The number of rotatable bonds is 9. The summed E-state index contributed by atoms with van der Waals surface area (Å²) in [5.74, 6) is -1.88. The molecule has 2 unspecified atom stereocenters. The lowest BCUT2D eigenvalue weighted by Crippen LogP contribution is -2.34. The van der Waals surface area contributed by atoms with Crippen LogP contribution in [0.5, 0.6) is 0 Å². The van der Waals surface area contributed by atoms with Gasteiger partial charge >= 0.3 is 11.9 Å². The molecule has 63 heavy (non-hydrogen) atoms. The molecule has 8 aromatic carbocycles. The molecule has 8 aromatic rings.